The van der Waals surface area contributed by atoms with Gasteiger partial charge in [-0.05, 0) is 30.7 Å². The summed E-state index contributed by atoms with van der Waals surface area (Å²) in [5.74, 6) is 0.982. The van der Waals surface area contributed by atoms with Crippen molar-refractivity contribution in [2.75, 3.05) is 33.9 Å². The molecule has 0 bridgehead atoms. The molecule has 0 spiro atoms. The van der Waals surface area contributed by atoms with Gasteiger partial charge in [0.15, 0.2) is 0 Å². The average Bonchev–Trinajstić information content (AvgIpc) is 2.33. The zero-order valence-corrected chi connectivity index (χ0v) is 10.9. The zero-order valence-electron chi connectivity index (χ0n) is 10.9. The van der Waals surface area contributed by atoms with Gasteiger partial charge in [-0.3, -0.25) is 0 Å². The molecule has 3 nitrogen and oxygen atoms in total. The minimum absolute atomic E-state index is 0.158. The number of ether oxygens (including phenoxy) is 2. The van der Waals surface area contributed by atoms with Crippen molar-refractivity contribution in [3.8, 4) is 5.75 Å². The van der Waals surface area contributed by atoms with Crippen LogP contribution < -0.4 is 10.1 Å². The molecule has 1 aliphatic heterocycles. The molecular formula is C14H21NO2. The van der Waals surface area contributed by atoms with Gasteiger partial charge in [-0.15, -0.1) is 0 Å². The summed E-state index contributed by atoms with van der Waals surface area (Å²) in [6.45, 7) is 4.73. The quantitative estimate of drug-likeness (QED) is 0.843. The van der Waals surface area contributed by atoms with Crippen LogP contribution in [0.1, 0.15) is 18.1 Å². The van der Waals surface area contributed by atoms with Crippen LogP contribution in [0, 0.1) is 0 Å². The predicted octanol–water partition coefficient (Wildman–Crippen LogP) is 1.74. The second-order valence-corrected chi connectivity index (χ2v) is 4.68. The van der Waals surface area contributed by atoms with Crippen molar-refractivity contribution < 1.29 is 9.47 Å². The lowest BCUT2D eigenvalue weighted by Gasteiger charge is -2.42. The number of aryl methyl sites for hydroxylation is 1. The molecule has 94 valence electrons. The highest BCUT2D eigenvalue weighted by Gasteiger charge is 2.39. The van der Waals surface area contributed by atoms with Gasteiger partial charge < -0.3 is 14.8 Å². The van der Waals surface area contributed by atoms with Gasteiger partial charge in [0, 0.05) is 6.54 Å². The number of methoxy groups -OCH3 is 1. The van der Waals surface area contributed by atoms with E-state index in [0.29, 0.717) is 0 Å². The SMILES string of the molecule is CCc1cc(C2(CNC)COC2)ccc1OC. The monoisotopic (exact) mass is 235 g/mol. The maximum atomic E-state index is 5.40. The van der Waals surface area contributed by atoms with Crippen LogP contribution in [0.3, 0.4) is 0 Å². The summed E-state index contributed by atoms with van der Waals surface area (Å²) in [6, 6.07) is 6.50. The van der Waals surface area contributed by atoms with Gasteiger partial charge in [0.25, 0.3) is 0 Å². The molecule has 1 heterocycles. The highest BCUT2D eigenvalue weighted by atomic mass is 16.5. The van der Waals surface area contributed by atoms with Crippen LogP contribution in [0.2, 0.25) is 0 Å². The van der Waals surface area contributed by atoms with Gasteiger partial charge in [-0.2, -0.15) is 0 Å². The third-order valence-electron chi connectivity index (χ3n) is 3.55. The summed E-state index contributed by atoms with van der Waals surface area (Å²) < 4.78 is 10.8. The standard InChI is InChI=1S/C14H21NO2/c1-4-11-7-12(5-6-13(11)16-3)14(8-15-2)9-17-10-14/h5-7,15H,4,8-10H2,1-3H3. The maximum Gasteiger partial charge on any atom is 0.122 e. The molecule has 2 rings (SSSR count). The highest BCUT2D eigenvalue weighted by Crippen LogP contribution is 2.34. The Hall–Kier alpha value is -1.06. The van der Waals surface area contributed by atoms with Crippen LogP contribution in [0.4, 0.5) is 0 Å². The lowest BCUT2D eigenvalue weighted by atomic mass is 9.78. The molecule has 3 heteroatoms. The van der Waals surface area contributed by atoms with E-state index in [1.54, 1.807) is 7.11 Å². The minimum atomic E-state index is 0.158. The van der Waals surface area contributed by atoms with Crippen molar-refractivity contribution in [3.63, 3.8) is 0 Å². The molecular weight excluding hydrogens is 214 g/mol. The van der Waals surface area contributed by atoms with E-state index in [1.165, 1.54) is 11.1 Å². The highest BCUT2D eigenvalue weighted by molar-refractivity contribution is 5.41. The number of rotatable bonds is 5. The zero-order chi connectivity index (χ0) is 12.3. The first-order chi connectivity index (χ1) is 8.25. The first-order valence-electron chi connectivity index (χ1n) is 6.15. The molecule has 0 atom stereocenters. The van der Waals surface area contributed by atoms with Gasteiger partial charge in [-0.25, -0.2) is 0 Å². The molecule has 0 saturated carbocycles. The summed E-state index contributed by atoms with van der Waals surface area (Å²) in [5.41, 5.74) is 2.79. The fourth-order valence-electron chi connectivity index (χ4n) is 2.44. The number of benzene rings is 1. The van der Waals surface area contributed by atoms with Gasteiger partial charge in [-0.1, -0.05) is 19.1 Å². The van der Waals surface area contributed by atoms with Crippen molar-refractivity contribution in [1.29, 1.82) is 0 Å². The summed E-state index contributed by atoms with van der Waals surface area (Å²) in [6.07, 6.45) is 0.994. The minimum Gasteiger partial charge on any atom is -0.496 e. The van der Waals surface area contributed by atoms with Crippen molar-refractivity contribution in [2.24, 2.45) is 0 Å². The second kappa shape index (κ2) is 5.07. The normalized spacial score (nSPS) is 17.6. The molecule has 0 aromatic heterocycles. The fraction of sp³-hybridized carbons (Fsp3) is 0.571. The van der Waals surface area contributed by atoms with Crippen LogP contribution in [0.15, 0.2) is 18.2 Å². The molecule has 1 aliphatic rings. The van der Waals surface area contributed by atoms with Crippen LogP contribution in [0.25, 0.3) is 0 Å². The number of likely N-dealkylation sites (N-methyl/N-ethyl adjacent to an activating group) is 1. The fourth-order valence-corrected chi connectivity index (χ4v) is 2.44. The summed E-state index contributed by atoms with van der Waals surface area (Å²) >= 11 is 0. The smallest absolute Gasteiger partial charge is 0.122 e. The Kier molecular flexibility index (Phi) is 3.69. The number of nitrogens with one attached hydrogen (secondary N) is 1. The van der Waals surface area contributed by atoms with Crippen molar-refractivity contribution in [2.45, 2.75) is 18.8 Å². The van der Waals surface area contributed by atoms with E-state index < -0.39 is 0 Å². The first kappa shape index (κ1) is 12.4. The van der Waals surface area contributed by atoms with Crippen LogP contribution in [-0.2, 0) is 16.6 Å². The van der Waals surface area contributed by atoms with E-state index in [4.69, 9.17) is 9.47 Å². The second-order valence-electron chi connectivity index (χ2n) is 4.68. The molecule has 0 radical (unpaired) electrons. The predicted molar refractivity (Wildman–Crippen MR) is 68.8 cm³/mol. The van der Waals surface area contributed by atoms with Crippen LogP contribution >= 0.6 is 0 Å². The molecule has 1 fully saturated rings. The van der Waals surface area contributed by atoms with E-state index in [1.807, 2.05) is 7.05 Å². The third-order valence-corrected chi connectivity index (χ3v) is 3.55. The molecule has 1 aromatic rings. The molecule has 1 N–H and O–H groups in total. The van der Waals surface area contributed by atoms with Crippen LogP contribution in [-0.4, -0.2) is 33.9 Å². The lowest BCUT2D eigenvalue weighted by Crippen LogP contribution is -2.52. The van der Waals surface area contributed by atoms with Crippen molar-refractivity contribution >= 4 is 0 Å². The Morgan fingerprint density at radius 3 is 2.65 bits per heavy atom. The Labute approximate surface area is 103 Å². The Morgan fingerprint density at radius 2 is 2.18 bits per heavy atom. The van der Waals surface area contributed by atoms with Crippen molar-refractivity contribution in [1.82, 2.24) is 5.32 Å². The van der Waals surface area contributed by atoms with E-state index >= 15 is 0 Å². The average molecular weight is 235 g/mol. The van der Waals surface area contributed by atoms with Gasteiger partial charge in [0.2, 0.25) is 0 Å². The number of hydrogen-bond donors (Lipinski definition) is 1. The largest absolute Gasteiger partial charge is 0.496 e. The lowest BCUT2D eigenvalue weighted by molar-refractivity contribution is -0.0582. The molecule has 0 aliphatic carbocycles. The van der Waals surface area contributed by atoms with Crippen molar-refractivity contribution in [3.05, 3.63) is 29.3 Å². The summed E-state index contributed by atoms with van der Waals surface area (Å²) in [4.78, 5) is 0. The Morgan fingerprint density at radius 1 is 1.41 bits per heavy atom. The third kappa shape index (κ3) is 2.17. The topological polar surface area (TPSA) is 30.5 Å². The van der Waals surface area contributed by atoms with Gasteiger partial charge >= 0.3 is 0 Å². The summed E-state index contributed by atoms with van der Waals surface area (Å²) in [7, 11) is 3.72. The molecule has 17 heavy (non-hydrogen) atoms. The first-order valence-corrected chi connectivity index (χ1v) is 6.15. The summed E-state index contributed by atoms with van der Waals surface area (Å²) in [5, 5.41) is 3.26. The molecule has 0 unspecified atom stereocenters. The van der Waals surface area contributed by atoms with E-state index in [-0.39, 0.29) is 5.41 Å². The maximum absolute atomic E-state index is 5.40. The Bertz CT molecular complexity index is 386. The van der Waals surface area contributed by atoms with E-state index in [2.05, 4.69) is 30.4 Å². The Balaban J connectivity index is 2.32. The van der Waals surface area contributed by atoms with Crippen LogP contribution in [0.5, 0.6) is 5.75 Å². The molecule has 0 amide bonds. The molecule has 1 aromatic carbocycles. The van der Waals surface area contributed by atoms with E-state index in [0.717, 1.165) is 31.9 Å². The van der Waals surface area contributed by atoms with Gasteiger partial charge in [0.1, 0.15) is 5.75 Å². The van der Waals surface area contributed by atoms with Gasteiger partial charge in [0.05, 0.1) is 25.7 Å². The van der Waals surface area contributed by atoms with E-state index in [9.17, 15) is 0 Å². The number of hydrogen-bond acceptors (Lipinski definition) is 3. The molecule has 1 saturated heterocycles.